The fourth-order valence-electron chi connectivity index (χ4n) is 1.25. The third kappa shape index (κ3) is 3.54. The van der Waals surface area contributed by atoms with Gasteiger partial charge in [0.05, 0.1) is 15.6 Å². The van der Waals surface area contributed by atoms with Crippen LogP contribution in [-0.2, 0) is 10.0 Å². The number of aromatic nitrogens is 2. The van der Waals surface area contributed by atoms with Crippen molar-refractivity contribution in [3.05, 3.63) is 43.9 Å². The van der Waals surface area contributed by atoms with Gasteiger partial charge >= 0.3 is 0 Å². The van der Waals surface area contributed by atoms with Gasteiger partial charge < -0.3 is 0 Å². The van der Waals surface area contributed by atoms with E-state index in [0.29, 0.717) is 4.60 Å². The zero-order chi connectivity index (χ0) is 14.9. The number of halogens is 4. The Kier molecular flexibility index (Phi) is 4.77. The predicted molar refractivity (Wildman–Crippen MR) is 82.3 cm³/mol. The van der Waals surface area contributed by atoms with Gasteiger partial charge in [0.2, 0.25) is 0 Å². The van der Waals surface area contributed by atoms with Gasteiger partial charge in [-0.1, -0.05) is 0 Å². The highest BCUT2D eigenvalue weighted by atomic mass is 79.9. The van der Waals surface area contributed by atoms with Gasteiger partial charge in [0.15, 0.2) is 10.4 Å². The first-order chi connectivity index (χ1) is 9.29. The average molecular weight is 490 g/mol. The number of hydrogen-bond donors (Lipinski definition) is 1. The van der Waals surface area contributed by atoms with Crippen molar-refractivity contribution in [2.45, 2.75) is 4.90 Å². The number of anilines is 1. The van der Waals surface area contributed by atoms with E-state index in [4.69, 9.17) is 0 Å². The largest absolute Gasteiger partial charge is 0.263 e. The Morgan fingerprint density at radius 3 is 2.50 bits per heavy atom. The van der Waals surface area contributed by atoms with Gasteiger partial charge in [-0.25, -0.2) is 22.8 Å². The normalized spacial score (nSPS) is 11.4. The van der Waals surface area contributed by atoms with Gasteiger partial charge in [0, 0.05) is 0 Å². The Labute approximate surface area is 139 Å². The van der Waals surface area contributed by atoms with E-state index in [2.05, 4.69) is 62.5 Å². The van der Waals surface area contributed by atoms with Crippen LogP contribution in [0, 0.1) is 5.82 Å². The summed E-state index contributed by atoms with van der Waals surface area (Å²) in [7, 11) is -3.95. The highest BCUT2D eigenvalue weighted by molar-refractivity contribution is 9.11. The van der Waals surface area contributed by atoms with E-state index >= 15 is 0 Å². The summed E-state index contributed by atoms with van der Waals surface area (Å²) in [4.78, 5) is 7.61. The third-order valence-corrected chi connectivity index (χ3v) is 5.05. The van der Waals surface area contributed by atoms with Crippen molar-refractivity contribution >= 4 is 63.6 Å². The molecule has 1 aromatic carbocycles. The standard InChI is InChI=1S/C10H5Br3FN3O2S/c11-6-2-1-5(3-7(6)14)20(18,19)17-10-9(13)16-8(12)4-15-10/h1-4H,(H,15,17). The summed E-state index contributed by atoms with van der Waals surface area (Å²) in [6.45, 7) is 0. The lowest BCUT2D eigenvalue weighted by Crippen LogP contribution is -2.15. The van der Waals surface area contributed by atoms with Crippen molar-refractivity contribution in [1.29, 1.82) is 0 Å². The SMILES string of the molecule is O=S(=O)(Nc1ncc(Br)nc1Br)c1ccc(Br)c(F)c1. The molecule has 106 valence electrons. The number of nitrogens with one attached hydrogen (secondary N) is 1. The molecule has 5 nitrogen and oxygen atoms in total. The van der Waals surface area contributed by atoms with E-state index < -0.39 is 15.8 Å². The van der Waals surface area contributed by atoms with Crippen LogP contribution in [0.15, 0.2) is 43.0 Å². The van der Waals surface area contributed by atoms with Crippen molar-refractivity contribution in [2.24, 2.45) is 0 Å². The molecule has 1 N–H and O–H groups in total. The summed E-state index contributed by atoms with van der Waals surface area (Å²) in [5, 5.41) is 0. The Morgan fingerprint density at radius 1 is 1.20 bits per heavy atom. The van der Waals surface area contributed by atoms with Gasteiger partial charge in [-0.3, -0.25) is 4.72 Å². The molecule has 0 saturated carbocycles. The molecule has 0 saturated heterocycles. The third-order valence-electron chi connectivity index (χ3n) is 2.13. The molecular weight excluding hydrogens is 485 g/mol. The Morgan fingerprint density at radius 2 is 1.90 bits per heavy atom. The van der Waals surface area contributed by atoms with Gasteiger partial charge in [-0.15, -0.1) is 0 Å². The molecule has 0 atom stereocenters. The molecular formula is C10H5Br3FN3O2S. The number of nitrogens with zero attached hydrogens (tertiary/aromatic N) is 2. The number of sulfonamides is 1. The summed E-state index contributed by atoms with van der Waals surface area (Å²) < 4.78 is 40.7. The summed E-state index contributed by atoms with van der Waals surface area (Å²) in [6, 6.07) is 3.49. The van der Waals surface area contributed by atoms with Gasteiger partial charge in [0.1, 0.15) is 10.4 Å². The number of benzene rings is 1. The molecule has 0 bridgehead atoms. The topological polar surface area (TPSA) is 72.0 Å². The second-order valence-corrected chi connectivity index (χ2v) is 7.61. The second kappa shape index (κ2) is 6.04. The van der Waals surface area contributed by atoms with E-state index in [1.54, 1.807) is 0 Å². The first kappa shape index (κ1) is 15.8. The molecule has 0 amide bonds. The van der Waals surface area contributed by atoms with Crippen LogP contribution in [0.4, 0.5) is 10.2 Å². The second-order valence-electron chi connectivity index (χ2n) is 3.51. The van der Waals surface area contributed by atoms with E-state index in [-0.39, 0.29) is 19.8 Å². The molecule has 0 aliphatic rings. The quantitative estimate of drug-likeness (QED) is 0.713. The van der Waals surface area contributed by atoms with Gasteiger partial charge in [-0.2, -0.15) is 0 Å². The fraction of sp³-hybridized carbons (Fsp3) is 0. The van der Waals surface area contributed by atoms with Crippen molar-refractivity contribution in [3.63, 3.8) is 0 Å². The minimum atomic E-state index is -3.95. The van der Waals surface area contributed by atoms with E-state index in [0.717, 1.165) is 6.07 Å². The van der Waals surface area contributed by atoms with Crippen LogP contribution < -0.4 is 4.72 Å². The molecule has 0 unspecified atom stereocenters. The Balaban J connectivity index is 2.38. The van der Waals surface area contributed by atoms with Crippen molar-refractivity contribution in [3.8, 4) is 0 Å². The smallest absolute Gasteiger partial charge is 0.261 e. The lowest BCUT2D eigenvalue weighted by molar-refractivity contribution is 0.593. The van der Waals surface area contributed by atoms with E-state index in [1.807, 2.05) is 0 Å². The summed E-state index contributed by atoms with van der Waals surface area (Å²) >= 11 is 9.15. The van der Waals surface area contributed by atoms with E-state index in [9.17, 15) is 12.8 Å². The summed E-state index contributed by atoms with van der Waals surface area (Å²) in [5.41, 5.74) is 0. The van der Waals surface area contributed by atoms with Crippen molar-refractivity contribution < 1.29 is 12.8 Å². The fourth-order valence-corrected chi connectivity index (χ4v) is 3.56. The van der Waals surface area contributed by atoms with Gasteiger partial charge in [-0.05, 0) is 66.0 Å². The zero-order valence-corrected chi connectivity index (χ0v) is 15.0. The maximum atomic E-state index is 13.4. The predicted octanol–water partition coefficient (Wildman–Crippen LogP) is 3.70. The molecule has 2 rings (SSSR count). The van der Waals surface area contributed by atoms with Crippen LogP contribution in [-0.4, -0.2) is 18.4 Å². The van der Waals surface area contributed by atoms with Gasteiger partial charge in [0.25, 0.3) is 10.0 Å². The van der Waals surface area contributed by atoms with Crippen LogP contribution in [0.1, 0.15) is 0 Å². The molecule has 10 heteroatoms. The molecule has 0 aliphatic heterocycles. The first-order valence-corrected chi connectivity index (χ1v) is 8.82. The molecule has 0 spiro atoms. The minimum absolute atomic E-state index is 0.0107. The number of rotatable bonds is 3. The van der Waals surface area contributed by atoms with Crippen LogP contribution >= 0.6 is 47.8 Å². The first-order valence-electron chi connectivity index (χ1n) is 4.95. The maximum absolute atomic E-state index is 13.4. The Bertz CT molecular complexity index is 770. The van der Waals surface area contributed by atoms with Crippen molar-refractivity contribution in [1.82, 2.24) is 9.97 Å². The van der Waals surface area contributed by atoms with Crippen LogP contribution in [0.3, 0.4) is 0 Å². The van der Waals surface area contributed by atoms with E-state index in [1.165, 1.54) is 18.3 Å². The molecule has 20 heavy (non-hydrogen) atoms. The monoisotopic (exact) mass is 487 g/mol. The molecule has 2 aromatic rings. The van der Waals surface area contributed by atoms with Crippen LogP contribution in [0.25, 0.3) is 0 Å². The molecule has 1 heterocycles. The molecule has 0 aliphatic carbocycles. The Hall–Kier alpha value is -0.580. The lowest BCUT2D eigenvalue weighted by atomic mass is 10.3. The summed E-state index contributed by atoms with van der Waals surface area (Å²) in [6.07, 6.45) is 1.34. The maximum Gasteiger partial charge on any atom is 0.263 e. The summed E-state index contributed by atoms with van der Waals surface area (Å²) in [5.74, 6) is -0.662. The molecule has 0 radical (unpaired) electrons. The number of hydrogen-bond acceptors (Lipinski definition) is 4. The molecule has 1 aromatic heterocycles. The van der Waals surface area contributed by atoms with Crippen LogP contribution in [0.5, 0.6) is 0 Å². The lowest BCUT2D eigenvalue weighted by Gasteiger charge is -2.09. The minimum Gasteiger partial charge on any atom is -0.261 e. The zero-order valence-electron chi connectivity index (χ0n) is 9.44. The highest BCUT2D eigenvalue weighted by Crippen LogP contribution is 2.24. The highest BCUT2D eigenvalue weighted by Gasteiger charge is 2.18. The average Bonchev–Trinajstić information content (AvgIpc) is 2.36. The van der Waals surface area contributed by atoms with Crippen LogP contribution in [0.2, 0.25) is 0 Å². The van der Waals surface area contributed by atoms with Crippen molar-refractivity contribution in [2.75, 3.05) is 4.72 Å². The molecule has 0 fully saturated rings.